The molecule has 0 aliphatic rings. The molecule has 0 saturated heterocycles. The Kier molecular flexibility index (Phi) is 14.5. The zero-order valence-electron chi connectivity index (χ0n) is 29.4. The van der Waals surface area contributed by atoms with Crippen molar-refractivity contribution >= 4 is 16.6 Å². The van der Waals surface area contributed by atoms with Crippen molar-refractivity contribution < 1.29 is 30.0 Å². The number of benzene rings is 3. The summed E-state index contributed by atoms with van der Waals surface area (Å²) in [5.41, 5.74) is 7.54. The van der Waals surface area contributed by atoms with Crippen LogP contribution in [0.4, 0.5) is 0 Å². The molecule has 0 amide bonds. The third kappa shape index (κ3) is 9.81. The zero-order valence-corrected chi connectivity index (χ0v) is 31.8. The van der Waals surface area contributed by atoms with Gasteiger partial charge < -0.3 is 5.11 Å². The molecule has 0 spiro atoms. The summed E-state index contributed by atoms with van der Waals surface area (Å²) < 4.78 is 0. The summed E-state index contributed by atoms with van der Waals surface area (Å²) in [6, 6.07) is 32.9. The number of aliphatic hydroxyl groups excluding tert-OH is 1. The minimum absolute atomic E-state index is 0. The fraction of sp³-hybridized carbons (Fsp3) is 0.326. The van der Waals surface area contributed by atoms with E-state index in [0.717, 1.165) is 64.7 Å². The number of fused-ring (bicyclic) bond motifs is 1. The summed E-state index contributed by atoms with van der Waals surface area (Å²) in [6.45, 7) is 14.8. The Morgan fingerprint density at radius 3 is 2.00 bits per heavy atom. The molecule has 2 heterocycles. The van der Waals surface area contributed by atoms with E-state index in [1.807, 2.05) is 64.4 Å². The topological polar surface area (TPSA) is 63.1 Å². The normalized spacial score (nSPS) is 11.6. The quantitative estimate of drug-likeness (QED) is 0.0866. The third-order valence-electron chi connectivity index (χ3n) is 8.87. The van der Waals surface area contributed by atoms with Crippen LogP contribution in [-0.2, 0) is 30.3 Å². The number of hydrogen-bond acceptors (Lipinski definition) is 4. The molecule has 5 rings (SSSR count). The van der Waals surface area contributed by atoms with Crippen LogP contribution in [0.15, 0.2) is 109 Å². The van der Waals surface area contributed by atoms with E-state index in [2.05, 4.69) is 97.5 Å². The summed E-state index contributed by atoms with van der Waals surface area (Å²) in [5.74, 6) is 0.547. The van der Waals surface area contributed by atoms with E-state index < -0.39 is 0 Å². The summed E-state index contributed by atoms with van der Waals surface area (Å²) >= 11 is 0. The molecule has 0 saturated carbocycles. The number of aliphatic hydroxyl groups is 1. The molecule has 0 unspecified atom stereocenters. The predicted octanol–water partition coefficient (Wildman–Crippen LogP) is 11.6. The van der Waals surface area contributed by atoms with Gasteiger partial charge in [0, 0.05) is 61.7 Å². The average Bonchev–Trinajstić information content (AvgIpc) is 3.09. The molecule has 1 N–H and O–H groups in total. The monoisotopic (exact) mass is 818 g/mol. The van der Waals surface area contributed by atoms with Gasteiger partial charge in [0.15, 0.2) is 5.78 Å². The standard InChI is InChI=1S/C30H25N2.C13H24O2.Ir/c1-30(2,3)27-18-25(17-23-11-7-8-12-26(23)27)29-19-22(15-16-31-29)24-13-14-28(32-20-24)21-9-5-4-6-10-21;1-5-10(6-2)12(14)9-13(15)11(7-3)8-4;/h4-16,18-20H,1-3H3;9-11,14H,5-8H2,1-4H3;/q-1;;/b;12-9-;. The number of carbonyl (C=O) groups is 1. The van der Waals surface area contributed by atoms with E-state index in [4.69, 9.17) is 0 Å². The Labute approximate surface area is 301 Å². The van der Waals surface area contributed by atoms with Crippen LogP contribution in [0.25, 0.3) is 44.4 Å². The van der Waals surface area contributed by atoms with Gasteiger partial charge in [0.25, 0.3) is 0 Å². The molecule has 5 aromatic rings. The van der Waals surface area contributed by atoms with Crippen LogP contribution in [0.2, 0.25) is 0 Å². The van der Waals surface area contributed by atoms with Gasteiger partial charge in [-0.25, -0.2) is 0 Å². The predicted molar refractivity (Wildman–Crippen MR) is 197 cm³/mol. The van der Waals surface area contributed by atoms with Gasteiger partial charge in [-0.15, -0.1) is 29.1 Å². The Morgan fingerprint density at radius 2 is 1.40 bits per heavy atom. The number of nitrogens with zero attached hydrogens (tertiary/aromatic N) is 2. The van der Waals surface area contributed by atoms with Gasteiger partial charge in [-0.3, -0.25) is 14.8 Å². The number of carbonyl (C=O) groups excluding carboxylic acids is 1. The Morgan fingerprint density at radius 1 is 0.750 bits per heavy atom. The van der Waals surface area contributed by atoms with Crippen molar-refractivity contribution in [3.8, 4) is 33.6 Å². The van der Waals surface area contributed by atoms with E-state index in [1.54, 1.807) is 0 Å². The zero-order chi connectivity index (χ0) is 34.0. The summed E-state index contributed by atoms with van der Waals surface area (Å²) in [6.07, 6.45) is 8.71. The van der Waals surface area contributed by atoms with Crippen molar-refractivity contribution in [2.75, 3.05) is 0 Å². The van der Waals surface area contributed by atoms with Crippen LogP contribution in [0, 0.1) is 17.9 Å². The van der Waals surface area contributed by atoms with Gasteiger partial charge >= 0.3 is 0 Å². The maximum absolute atomic E-state index is 11.7. The SMILES string of the molecule is CC(C)(C)c1cc(-c2cc(-c3ccc(-c4ccccc4)nc3)ccn2)[c-]c2ccccc12.CCC(CC)C(=O)/C=C(\O)C(CC)CC.[Ir]. The molecule has 48 heavy (non-hydrogen) atoms. The van der Waals surface area contributed by atoms with Crippen LogP contribution in [0.3, 0.4) is 0 Å². The molecular formula is C43H49IrN2O2-. The van der Waals surface area contributed by atoms with Crippen LogP contribution in [0.1, 0.15) is 79.7 Å². The molecule has 5 heteroatoms. The Bertz CT molecular complexity index is 1780. The van der Waals surface area contributed by atoms with Crippen molar-refractivity contribution in [2.45, 2.75) is 79.6 Å². The van der Waals surface area contributed by atoms with E-state index >= 15 is 0 Å². The van der Waals surface area contributed by atoms with Gasteiger partial charge in [0.05, 0.1) is 11.5 Å². The summed E-state index contributed by atoms with van der Waals surface area (Å²) in [7, 11) is 0. The molecule has 4 nitrogen and oxygen atoms in total. The molecule has 253 valence electrons. The molecule has 3 aromatic carbocycles. The molecule has 0 aliphatic heterocycles. The molecule has 2 aromatic heterocycles. The molecule has 0 aliphatic carbocycles. The minimum Gasteiger partial charge on any atom is -0.512 e. The number of allylic oxidation sites excluding steroid dienone is 2. The second-order valence-electron chi connectivity index (χ2n) is 13.1. The number of hydrogen-bond donors (Lipinski definition) is 1. The van der Waals surface area contributed by atoms with Crippen molar-refractivity contribution in [1.29, 1.82) is 0 Å². The van der Waals surface area contributed by atoms with Gasteiger partial charge in [-0.1, -0.05) is 120 Å². The third-order valence-corrected chi connectivity index (χ3v) is 8.87. The van der Waals surface area contributed by atoms with E-state index in [9.17, 15) is 9.90 Å². The van der Waals surface area contributed by atoms with Crippen LogP contribution in [0.5, 0.6) is 0 Å². The van der Waals surface area contributed by atoms with Crippen molar-refractivity contribution in [1.82, 2.24) is 9.97 Å². The van der Waals surface area contributed by atoms with Crippen molar-refractivity contribution in [2.24, 2.45) is 11.8 Å². The minimum atomic E-state index is 0. The number of rotatable bonds is 10. The van der Waals surface area contributed by atoms with Gasteiger partial charge in [0.1, 0.15) is 0 Å². The smallest absolute Gasteiger partial charge is 0.162 e. The van der Waals surface area contributed by atoms with E-state index in [0.29, 0.717) is 0 Å². The first-order chi connectivity index (χ1) is 22.6. The maximum Gasteiger partial charge on any atom is 0.162 e. The Hall–Kier alpha value is -3.92. The molecule has 0 fully saturated rings. The summed E-state index contributed by atoms with van der Waals surface area (Å²) in [5, 5.41) is 12.1. The maximum atomic E-state index is 11.7. The molecule has 0 bridgehead atoms. The first-order valence-electron chi connectivity index (χ1n) is 17.0. The van der Waals surface area contributed by atoms with E-state index in [-0.39, 0.29) is 48.9 Å². The fourth-order valence-electron chi connectivity index (χ4n) is 5.87. The molecule has 1 radical (unpaired) electrons. The van der Waals surface area contributed by atoms with Crippen LogP contribution >= 0.6 is 0 Å². The van der Waals surface area contributed by atoms with Gasteiger partial charge in [-0.2, -0.15) is 0 Å². The fourth-order valence-corrected chi connectivity index (χ4v) is 5.87. The first kappa shape index (κ1) is 38.5. The Balaban J connectivity index is 0.000000334. The number of aromatic nitrogens is 2. The largest absolute Gasteiger partial charge is 0.512 e. The van der Waals surface area contributed by atoms with Gasteiger partial charge in [-0.05, 0) is 54.4 Å². The average molecular weight is 818 g/mol. The van der Waals surface area contributed by atoms with Crippen molar-refractivity contribution in [3.63, 3.8) is 0 Å². The van der Waals surface area contributed by atoms with Crippen LogP contribution in [-0.4, -0.2) is 20.9 Å². The van der Waals surface area contributed by atoms with E-state index in [1.165, 1.54) is 17.0 Å². The second-order valence-corrected chi connectivity index (χ2v) is 13.1. The first-order valence-corrected chi connectivity index (χ1v) is 17.0. The van der Waals surface area contributed by atoms with Crippen LogP contribution < -0.4 is 0 Å². The second kappa shape index (κ2) is 18.0. The van der Waals surface area contributed by atoms with Gasteiger partial charge in [0.2, 0.25) is 0 Å². The molecule has 0 atom stereocenters. The summed E-state index contributed by atoms with van der Waals surface area (Å²) in [4.78, 5) is 21.1. The molecular weight excluding hydrogens is 769 g/mol. The number of pyridine rings is 2. The number of ketones is 1. The van der Waals surface area contributed by atoms with Crippen molar-refractivity contribution in [3.05, 3.63) is 121 Å².